The Morgan fingerprint density at radius 2 is 2.18 bits per heavy atom. The number of carboxylic acid groups (broad SMARTS) is 1. The predicted octanol–water partition coefficient (Wildman–Crippen LogP) is 3.25. The van der Waals surface area contributed by atoms with Gasteiger partial charge in [-0.15, -0.1) is 0 Å². The van der Waals surface area contributed by atoms with E-state index in [9.17, 15) is 4.79 Å². The van der Waals surface area contributed by atoms with Crippen LogP contribution in [-0.2, 0) is 0 Å². The molecule has 0 bridgehead atoms. The van der Waals surface area contributed by atoms with Gasteiger partial charge in [-0.25, -0.2) is 9.78 Å². The molecule has 0 aliphatic carbocycles. The molecule has 0 spiro atoms. The highest BCUT2D eigenvalue weighted by Gasteiger charge is 2.13. The lowest BCUT2D eigenvalue weighted by Crippen LogP contribution is -2.00. The van der Waals surface area contributed by atoms with Gasteiger partial charge in [0, 0.05) is 5.38 Å². The van der Waals surface area contributed by atoms with Crippen molar-refractivity contribution in [3.63, 3.8) is 0 Å². The molecule has 1 heterocycles. The molecule has 0 aliphatic heterocycles. The van der Waals surface area contributed by atoms with Crippen molar-refractivity contribution >= 4 is 17.3 Å². The summed E-state index contributed by atoms with van der Waals surface area (Å²) in [4.78, 5) is 15.2. The lowest BCUT2D eigenvalue weighted by Gasteiger charge is -2.06. The summed E-state index contributed by atoms with van der Waals surface area (Å²) in [6, 6.07) is 4.97. The summed E-state index contributed by atoms with van der Waals surface area (Å²) >= 11 is 1.34. The Kier molecular flexibility index (Phi) is 3.10. The van der Waals surface area contributed by atoms with Crippen molar-refractivity contribution in [3.8, 4) is 10.9 Å². The highest BCUT2D eigenvalue weighted by Crippen LogP contribution is 2.28. The van der Waals surface area contributed by atoms with Gasteiger partial charge in [-0.05, 0) is 31.5 Å². The van der Waals surface area contributed by atoms with Gasteiger partial charge in [0.05, 0.1) is 5.69 Å². The Morgan fingerprint density at radius 3 is 2.76 bits per heavy atom. The molecular formula is C12H11NO3S. The van der Waals surface area contributed by atoms with E-state index in [-0.39, 0.29) is 5.56 Å². The second kappa shape index (κ2) is 4.55. The number of nitrogens with zero attached hydrogens (tertiary/aromatic N) is 1. The van der Waals surface area contributed by atoms with Crippen LogP contribution in [0.5, 0.6) is 10.9 Å². The van der Waals surface area contributed by atoms with Crippen LogP contribution in [0.3, 0.4) is 0 Å². The van der Waals surface area contributed by atoms with Crippen LogP contribution in [0.4, 0.5) is 0 Å². The van der Waals surface area contributed by atoms with Gasteiger partial charge in [0.1, 0.15) is 11.3 Å². The Labute approximate surface area is 103 Å². The quantitative estimate of drug-likeness (QED) is 0.907. The van der Waals surface area contributed by atoms with Crippen molar-refractivity contribution in [3.05, 3.63) is 40.4 Å². The largest absolute Gasteiger partial charge is 0.478 e. The van der Waals surface area contributed by atoms with Gasteiger partial charge in [-0.1, -0.05) is 17.4 Å². The van der Waals surface area contributed by atoms with Crippen molar-refractivity contribution in [1.82, 2.24) is 4.98 Å². The third kappa shape index (κ3) is 2.62. The summed E-state index contributed by atoms with van der Waals surface area (Å²) in [5, 5.41) is 11.3. The fourth-order valence-electron chi connectivity index (χ4n) is 1.36. The van der Waals surface area contributed by atoms with E-state index in [4.69, 9.17) is 9.84 Å². The van der Waals surface area contributed by atoms with Gasteiger partial charge >= 0.3 is 5.97 Å². The maximum atomic E-state index is 11.0. The van der Waals surface area contributed by atoms with Gasteiger partial charge < -0.3 is 9.84 Å². The van der Waals surface area contributed by atoms with Crippen molar-refractivity contribution < 1.29 is 14.6 Å². The molecule has 2 rings (SSSR count). The number of hydrogen-bond donors (Lipinski definition) is 1. The molecule has 1 aromatic heterocycles. The molecule has 1 N–H and O–H groups in total. The molecule has 2 aromatic rings. The van der Waals surface area contributed by atoms with E-state index >= 15 is 0 Å². The molecule has 0 fully saturated rings. The summed E-state index contributed by atoms with van der Waals surface area (Å²) in [5.41, 5.74) is 1.94. The molecule has 5 heteroatoms. The van der Waals surface area contributed by atoms with Crippen LogP contribution in [0.1, 0.15) is 21.6 Å². The number of rotatable bonds is 3. The molecule has 0 aliphatic rings. The fourth-order valence-corrected chi connectivity index (χ4v) is 2.02. The molecular weight excluding hydrogens is 238 g/mol. The maximum absolute atomic E-state index is 11.0. The first-order valence-electron chi connectivity index (χ1n) is 5.00. The summed E-state index contributed by atoms with van der Waals surface area (Å²) in [5.74, 6) is -0.680. The Bertz CT molecular complexity index is 563. The number of carboxylic acids is 1. The van der Waals surface area contributed by atoms with E-state index in [1.165, 1.54) is 17.4 Å². The first-order valence-corrected chi connectivity index (χ1v) is 5.88. The van der Waals surface area contributed by atoms with Crippen molar-refractivity contribution in [2.24, 2.45) is 0 Å². The minimum absolute atomic E-state index is 0.142. The molecule has 17 heavy (non-hydrogen) atoms. The first kappa shape index (κ1) is 11.6. The monoisotopic (exact) mass is 249 g/mol. The highest BCUT2D eigenvalue weighted by molar-refractivity contribution is 7.11. The zero-order chi connectivity index (χ0) is 12.4. The average Bonchev–Trinajstić information content (AvgIpc) is 2.63. The predicted molar refractivity (Wildman–Crippen MR) is 65.1 cm³/mol. The minimum Gasteiger partial charge on any atom is -0.478 e. The summed E-state index contributed by atoms with van der Waals surface area (Å²) in [6.45, 7) is 3.74. The minimum atomic E-state index is -1.01. The maximum Gasteiger partial charge on any atom is 0.339 e. The van der Waals surface area contributed by atoms with Crippen LogP contribution in [0.15, 0.2) is 23.6 Å². The number of benzene rings is 1. The molecule has 1 aromatic carbocycles. The highest BCUT2D eigenvalue weighted by atomic mass is 32.1. The van der Waals surface area contributed by atoms with Crippen LogP contribution in [0.25, 0.3) is 0 Å². The summed E-state index contributed by atoms with van der Waals surface area (Å²) in [6.07, 6.45) is 0. The van der Waals surface area contributed by atoms with Gasteiger partial charge in [0.25, 0.3) is 5.19 Å². The second-order valence-electron chi connectivity index (χ2n) is 3.66. The lowest BCUT2D eigenvalue weighted by atomic mass is 10.1. The van der Waals surface area contributed by atoms with Crippen LogP contribution in [-0.4, -0.2) is 16.1 Å². The van der Waals surface area contributed by atoms with Crippen LogP contribution < -0.4 is 4.74 Å². The van der Waals surface area contributed by atoms with E-state index in [0.29, 0.717) is 10.9 Å². The van der Waals surface area contributed by atoms with Gasteiger partial charge in [0.2, 0.25) is 0 Å². The number of aromatic carboxylic acids is 1. The van der Waals surface area contributed by atoms with Crippen LogP contribution in [0, 0.1) is 13.8 Å². The molecule has 0 amide bonds. The number of aromatic nitrogens is 1. The summed E-state index contributed by atoms with van der Waals surface area (Å²) < 4.78 is 5.50. The zero-order valence-electron chi connectivity index (χ0n) is 9.43. The molecule has 4 nitrogen and oxygen atoms in total. The Balaban J connectivity index is 2.37. The van der Waals surface area contributed by atoms with E-state index in [1.54, 1.807) is 12.1 Å². The fraction of sp³-hybridized carbons (Fsp3) is 0.167. The Morgan fingerprint density at radius 1 is 1.41 bits per heavy atom. The topological polar surface area (TPSA) is 59.4 Å². The Hall–Kier alpha value is -1.88. The third-order valence-corrected chi connectivity index (χ3v) is 3.00. The van der Waals surface area contributed by atoms with Gasteiger partial charge in [-0.2, -0.15) is 0 Å². The van der Waals surface area contributed by atoms with Crippen molar-refractivity contribution in [2.75, 3.05) is 0 Å². The van der Waals surface area contributed by atoms with E-state index in [0.717, 1.165) is 11.3 Å². The lowest BCUT2D eigenvalue weighted by molar-refractivity contribution is 0.0694. The number of hydrogen-bond acceptors (Lipinski definition) is 4. The van der Waals surface area contributed by atoms with Crippen molar-refractivity contribution in [2.45, 2.75) is 13.8 Å². The van der Waals surface area contributed by atoms with Crippen LogP contribution >= 0.6 is 11.3 Å². The molecule has 88 valence electrons. The number of thiazole rings is 1. The smallest absolute Gasteiger partial charge is 0.339 e. The SMILES string of the molecule is Cc1ccc(C(=O)O)c(Oc2nc(C)cs2)c1. The third-order valence-electron chi connectivity index (χ3n) is 2.16. The van der Waals surface area contributed by atoms with E-state index in [1.807, 2.05) is 19.2 Å². The van der Waals surface area contributed by atoms with Crippen LogP contribution in [0.2, 0.25) is 0 Å². The first-order chi connectivity index (χ1) is 8.06. The average molecular weight is 249 g/mol. The molecule has 0 atom stereocenters. The standard InChI is InChI=1S/C12H11NO3S/c1-7-3-4-9(11(14)15)10(5-7)16-12-13-8(2)6-17-12/h3-6H,1-2H3,(H,14,15). The number of ether oxygens (including phenoxy) is 1. The normalized spacial score (nSPS) is 10.2. The number of aryl methyl sites for hydroxylation is 2. The summed E-state index contributed by atoms with van der Waals surface area (Å²) in [7, 11) is 0. The number of carbonyl (C=O) groups is 1. The van der Waals surface area contributed by atoms with Gasteiger partial charge in [-0.3, -0.25) is 0 Å². The zero-order valence-corrected chi connectivity index (χ0v) is 10.2. The second-order valence-corrected chi connectivity index (χ2v) is 4.48. The molecule has 0 saturated carbocycles. The molecule has 0 unspecified atom stereocenters. The molecule has 0 radical (unpaired) electrons. The van der Waals surface area contributed by atoms with E-state index in [2.05, 4.69) is 4.98 Å². The molecule has 0 saturated heterocycles. The van der Waals surface area contributed by atoms with Gasteiger partial charge in [0.15, 0.2) is 0 Å². The van der Waals surface area contributed by atoms with Crippen molar-refractivity contribution in [1.29, 1.82) is 0 Å². The van der Waals surface area contributed by atoms with E-state index < -0.39 is 5.97 Å².